The van der Waals surface area contributed by atoms with Gasteiger partial charge in [0.05, 0.1) is 12.1 Å². The van der Waals surface area contributed by atoms with Crippen molar-refractivity contribution >= 4 is 29.5 Å². The smallest absolute Gasteiger partial charge is 0.253 e. The summed E-state index contributed by atoms with van der Waals surface area (Å²) < 4.78 is 24.4. The van der Waals surface area contributed by atoms with Crippen LogP contribution in [0.1, 0.15) is 71.9 Å². The highest BCUT2D eigenvalue weighted by Gasteiger charge is 2.27. The number of aryl methyl sites for hydroxylation is 2. The Morgan fingerprint density at radius 2 is 1.45 bits per heavy atom. The van der Waals surface area contributed by atoms with Gasteiger partial charge in [-0.05, 0) is 86.6 Å². The third kappa shape index (κ3) is 13.3. The molecule has 0 heterocycles. The van der Waals surface area contributed by atoms with Crippen molar-refractivity contribution in [2.75, 3.05) is 31.6 Å². The molecule has 3 atom stereocenters. The summed E-state index contributed by atoms with van der Waals surface area (Å²) in [6.45, 7) is 9.96. The molecule has 11 heteroatoms. The second-order valence-corrected chi connectivity index (χ2v) is 11.2. The van der Waals surface area contributed by atoms with Crippen molar-refractivity contribution in [3.8, 4) is 0 Å². The van der Waals surface area contributed by atoms with Crippen LogP contribution >= 0.6 is 11.8 Å². The number of carbonyl (C=O) groups excluding carboxylic acids is 3. The van der Waals surface area contributed by atoms with E-state index in [1.165, 1.54) is 19.1 Å². The number of benzene rings is 2. The molecule has 2 rings (SSSR count). The molecule has 2 aromatic carbocycles. The molecule has 8 nitrogen and oxygen atoms in total. The summed E-state index contributed by atoms with van der Waals surface area (Å²) >= 11 is 1.57. The average molecular weight is 610 g/mol. The third-order valence-electron chi connectivity index (χ3n) is 6.17. The van der Waals surface area contributed by atoms with Crippen LogP contribution in [0, 0.1) is 25.5 Å². The van der Waals surface area contributed by atoms with E-state index in [0.29, 0.717) is 42.0 Å². The number of nitrogens with one attached hydrogen (secondary N) is 2. The predicted octanol–water partition coefficient (Wildman–Crippen LogP) is 4.24. The Kier molecular flexibility index (Phi) is 16.9. The molecule has 0 saturated heterocycles. The van der Waals surface area contributed by atoms with E-state index < -0.39 is 35.8 Å². The molecule has 4 N–H and O–H groups in total. The zero-order valence-corrected chi connectivity index (χ0v) is 26.2. The van der Waals surface area contributed by atoms with Crippen molar-refractivity contribution in [2.24, 2.45) is 0 Å². The van der Waals surface area contributed by atoms with Crippen molar-refractivity contribution in [3.05, 3.63) is 70.3 Å². The minimum absolute atomic E-state index is 0.112. The predicted molar refractivity (Wildman–Crippen MR) is 164 cm³/mol. The zero-order valence-electron chi connectivity index (χ0n) is 25.4. The second kappa shape index (κ2) is 19.2. The Morgan fingerprint density at radius 3 is 1.95 bits per heavy atom. The molecular weight excluding hydrogens is 564 g/mol. The number of carbonyl (C=O) groups is 3. The standard InChI is InChI=1S/C24H39N3O5S.C7H6F2/c1-6-9-27(10-7-2)24(32)19-13-16(3)12-18(14-19)23(31)25-15-21(29)22(30)20(8-11-33-5)26-17(4)28;1-5-2-6(8)4-7(9)3-5/h12-14,20-22,29-30H,6-11,15H2,1-5H3,(H,25,31)(H,26,28);2-4H,1H3. The van der Waals surface area contributed by atoms with E-state index in [1.54, 1.807) is 41.8 Å². The Labute approximate surface area is 252 Å². The quantitative estimate of drug-likeness (QED) is 0.255. The summed E-state index contributed by atoms with van der Waals surface area (Å²) in [5.74, 6) is -1.20. The van der Waals surface area contributed by atoms with E-state index in [4.69, 9.17) is 0 Å². The molecule has 2 aromatic rings. The highest BCUT2D eigenvalue weighted by atomic mass is 32.2. The maximum absolute atomic E-state index is 12.9. The molecule has 0 radical (unpaired) electrons. The van der Waals surface area contributed by atoms with Gasteiger partial charge in [0.25, 0.3) is 11.8 Å². The Hall–Kier alpha value is -3.02. The van der Waals surface area contributed by atoms with Gasteiger partial charge in [0.1, 0.15) is 17.7 Å². The lowest BCUT2D eigenvalue weighted by atomic mass is 10.0. The van der Waals surface area contributed by atoms with Crippen LogP contribution < -0.4 is 10.6 Å². The minimum atomic E-state index is -1.26. The van der Waals surface area contributed by atoms with Gasteiger partial charge in [-0.1, -0.05) is 13.8 Å². The van der Waals surface area contributed by atoms with Gasteiger partial charge in [0.2, 0.25) is 5.91 Å². The first-order valence-electron chi connectivity index (χ1n) is 14.1. The van der Waals surface area contributed by atoms with Crippen LogP contribution in [0.5, 0.6) is 0 Å². The molecular formula is C31H45F2N3O5S. The summed E-state index contributed by atoms with van der Waals surface area (Å²) in [4.78, 5) is 38.9. The van der Waals surface area contributed by atoms with Crippen LogP contribution in [0.15, 0.2) is 36.4 Å². The molecule has 0 bridgehead atoms. The lowest BCUT2D eigenvalue weighted by Crippen LogP contribution is -2.51. The second-order valence-electron chi connectivity index (χ2n) is 10.2. The SMILES string of the molecule is CCCN(CCC)C(=O)c1cc(C)cc(C(=O)NCC(O)C(O)C(CCSC)NC(C)=O)c1.Cc1cc(F)cc(F)c1. The number of rotatable bonds is 14. The molecule has 0 aliphatic rings. The Balaban J connectivity index is 0.000000827. The summed E-state index contributed by atoms with van der Waals surface area (Å²) in [6, 6.07) is 7.80. The fraction of sp³-hybridized carbons (Fsp3) is 0.516. The van der Waals surface area contributed by atoms with E-state index in [9.17, 15) is 33.4 Å². The number of amides is 3. The number of aliphatic hydroxyl groups excluding tert-OH is 2. The highest BCUT2D eigenvalue weighted by Crippen LogP contribution is 2.14. The van der Waals surface area contributed by atoms with E-state index in [1.807, 2.05) is 27.0 Å². The van der Waals surface area contributed by atoms with Crippen LogP contribution in [0.25, 0.3) is 0 Å². The van der Waals surface area contributed by atoms with Gasteiger partial charge in [-0.25, -0.2) is 8.78 Å². The van der Waals surface area contributed by atoms with Crippen molar-refractivity contribution in [2.45, 2.75) is 72.1 Å². The van der Waals surface area contributed by atoms with Crippen LogP contribution in [0.3, 0.4) is 0 Å². The maximum Gasteiger partial charge on any atom is 0.253 e. The molecule has 3 amide bonds. The average Bonchev–Trinajstić information content (AvgIpc) is 2.91. The zero-order chi connectivity index (χ0) is 31.8. The van der Waals surface area contributed by atoms with Crippen molar-refractivity contribution in [1.82, 2.24) is 15.5 Å². The Bertz CT molecular complexity index is 1110. The van der Waals surface area contributed by atoms with Crippen LogP contribution in [-0.2, 0) is 4.79 Å². The van der Waals surface area contributed by atoms with E-state index >= 15 is 0 Å². The van der Waals surface area contributed by atoms with E-state index in [-0.39, 0.29) is 18.4 Å². The van der Waals surface area contributed by atoms with Crippen molar-refractivity contribution in [3.63, 3.8) is 0 Å². The highest BCUT2D eigenvalue weighted by molar-refractivity contribution is 7.98. The van der Waals surface area contributed by atoms with Gasteiger partial charge in [0, 0.05) is 43.8 Å². The Morgan fingerprint density at radius 1 is 0.905 bits per heavy atom. The first-order chi connectivity index (χ1) is 19.8. The number of thioether (sulfide) groups is 1. The summed E-state index contributed by atoms with van der Waals surface area (Å²) in [7, 11) is 0. The first-order valence-corrected chi connectivity index (χ1v) is 15.5. The van der Waals surface area contributed by atoms with Gasteiger partial charge in [0.15, 0.2) is 0 Å². The molecule has 0 aromatic heterocycles. The largest absolute Gasteiger partial charge is 0.388 e. The number of halogens is 2. The maximum atomic E-state index is 12.9. The lowest BCUT2D eigenvalue weighted by molar-refractivity contribution is -0.121. The van der Waals surface area contributed by atoms with Crippen LogP contribution in [-0.4, -0.2) is 82.7 Å². The minimum Gasteiger partial charge on any atom is -0.388 e. The molecule has 0 aliphatic carbocycles. The molecule has 0 aliphatic heterocycles. The van der Waals surface area contributed by atoms with Gasteiger partial charge in [-0.3, -0.25) is 14.4 Å². The normalized spacial score (nSPS) is 12.8. The van der Waals surface area contributed by atoms with E-state index in [2.05, 4.69) is 10.6 Å². The fourth-order valence-electron chi connectivity index (χ4n) is 4.29. The van der Waals surface area contributed by atoms with Gasteiger partial charge < -0.3 is 25.7 Å². The summed E-state index contributed by atoms with van der Waals surface area (Å²) in [5, 5.41) is 26.2. The summed E-state index contributed by atoms with van der Waals surface area (Å²) in [6.07, 6.45) is 1.61. The van der Waals surface area contributed by atoms with E-state index in [0.717, 1.165) is 24.5 Å². The molecule has 3 unspecified atom stereocenters. The number of hydrogen-bond acceptors (Lipinski definition) is 6. The van der Waals surface area contributed by atoms with Gasteiger partial charge in [-0.15, -0.1) is 0 Å². The fourth-order valence-corrected chi connectivity index (χ4v) is 4.78. The van der Waals surface area contributed by atoms with Gasteiger partial charge in [-0.2, -0.15) is 11.8 Å². The third-order valence-corrected chi connectivity index (χ3v) is 6.81. The number of aliphatic hydroxyl groups is 2. The van der Waals surface area contributed by atoms with Crippen molar-refractivity contribution in [1.29, 1.82) is 0 Å². The first kappa shape index (κ1) is 37.0. The molecule has 234 valence electrons. The van der Waals surface area contributed by atoms with Gasteiger partial charge >= 0.3 is 0 Å². The molecule has 0 saturated carbocycles. The topological polar surface area (TPSA) is 119 Å². The lowest BCUT2D eigenvalue weighted by Gasteiger charge is -2.27. The number of nitrogens with zero attached hydrogens (tertiary/aromatic N) is 1. The molecule has 0 spiro atoms. The van der Waals surface area contributed by atoms with Crippen LogP contribution in [0.4, 0.5) is 8.78 Å². The molecule has 42 heavy (non-hydrogen) atoms. The monoisotopic (exact) mass is 609 g/mol. The number of hydrogen-bond donors (Lipinski definition) is 4. The molecule has 0 fully saturated rings. The van der Waals surface area contributed by atoms with Crippen LogP contribution in [0.2, 0.25) is 0 Å². The summed E-state index contributed by atoms with van der Waals surface area (Å²) in [5.41, 5.74) is 2.15. The van der Waals surface area contributed by atoms with Crippen molar-refractivity contribution < 1.29 is 33.4 Å².